The topological polar surface area (TPSA) is 37.4 Å². The van der Waals surface area contributed by atoms with Crippen molar-refractivity contribution in [3.63, 3.8) is 0 Å². The average Bonchev–Trinajstić information content (AvgIpc) is 2.84. The molecule has 74 valence electrons. The Kier molecular flexibility index (Phi) is 0.881. The molecule has 4 bridgehead atoms. The summed E-state index contributed by atoms with van der Waals surface area (Å²) in [5, 5.41) is 0. The Balaban J connectivity index is 2.02. The van der Waals surface area contributed by atoms with Gasteiger partial charge in [-0.15, -0.1) is 0 Å². The lowest BCUT2D eigenvalue weighted by atomic mass is 9.70. The molecule has 5 rings (SSSR count). The van der Waals surface area contributed by atoms with Gasteiger partial charge in [0.2, 0.25) is 11.8 Å². The van der Waals surface area contributed by atoms with E-state index in [1.165, 1.54) is 4.90 Å². The Bertz CT molecular complexity index is 339. The summed E-state index contributed by atoms with van der Waals surface area (Å²) in [7, 11) is 1.66. The van der Waals surface area contributed by atoms with Gasteiger partial charge in [-0.05, 0) is 37.5 Å². The first-order chi connectivity index (χ1) is 6.61. The van der Waals surface area contributed by atoms with E-state index >= 15 is 0 Å². The lowest BCUT2D eigenvalue weighted by Crippen LogP contribution is -2.35. The van der Waals surface area contributed by atoms with Crippen molar-refractivity contribution in [2.24, 2.45) is 22.7 Å². The second kappa shape index (κ2) is 1.66. The van der Waals surface area contributed by atoms with Crippen LogP contribution in [-0.4, -0.2) is 23.8 Å². The predicted molar refractivity (Wildman–Crippen MR) is 48.1 cm³/mol. The minimum absolute atomic E-state index is 0.130. The van der Waals surface area contributed by atoms with Crippen molar-refractivity contribution < 1.29 is 9.59 Å². The monoisotopic (exact) mass is 191 g/mol. The summed E-state index contributed by atoms with van der Waals surface area (Å²) in [6.45, 7) is 0. The van der Waals surface area contributed by atoms with Crippen molar-refractivity contribution in [3.05, 3.63) is 0 Å². The molecule has 0 N–H and O–H groups in total. The van der Waals surface area contributed by atoms with Gasteiger partial charge in [-0.3, -0.25) is 14.5 Å². The van der Waals surface area contributed by atoms with Crippen LogP contribution in [0.25, 0.3) is 0 Å². The molecule has 3 nitrogen and oxygen atoms in total. The Labute approximate surface area is 82.4 Å². The summed E-state index contributed by atoms with van der Waals surface area (Å²) in [5.41, 5.74) is -0.456. The minimum atomic E-state index is -0.228. The van der Waals surface area contributed by atoms with E-state index in [4.69, 9.17) is 0 Å². The van der Waals surface area contributed by atoms with E-state index in [-0.39, 0.29) is 22.6 Å². The highest BCUT2D eigenvalue weighted by Crippen LogP contribution is 2.79. The van der Waals surface area contributed by atoms with Crippen molar-refractivity contribution >= 4 is 11.8 Å². The Hall–Kier alpha value is -0.860. The van der Waals surface area contributed by atoms with Crippen LogP contribution in [0.15, 0.2) is 0 Å². The van der Waals surface area contributed by atoms with Crippen molar-refractivity contribution in [2.45, 2.75) is 25.7 Å². The Morgan fingerprint density at radius 3 is 1.71 bits per heavy atom. The van der Waals surface area contributed by atoms with Crippen molar-refractivity contribution in [1.82, 2.24) is 4.90 Å². The summed E-state index contributed by atoms with van der Waals surface area (Å²) in [6, 6.07) is 0. The smallest absolute Gasteiger partial charge is 0.236 e. The zero-order valence-electron chi connectivity index (χ0n) is 8.25. The first kappa shape index (κ1) is 7.43. The molecule has 14 heavy (non-hydrogen) atoms. The fourth-order valence-electron chi connectivity index (χ4n) is 5.04. The first-order valence-electron chi connectivity index (χ1n) is 5.43. The van der Waals surface area contributed by atoms with Crippen LogP contribution >= 0.6 is 0 Å². The Morgan fingerprint density at radius 2 is 1.36 bits per heavy atom. The fourth-order valence-corrected chi connectivity index (χ4v) is 5.04. The molecule has 0 aromatic carbocycles. The van der Waals surface area contributed by atoms with Gasteiger partial charge in [0.05, 0.1) is 10.8 Å². The van der Waals surface area contributed by atoms with E-state index in [1.54, 1.807) is 7.05 Å². The molecular weight excluding hydrogens is 178 g/mol. The van der Waals surface area contributed by atoms with Gasteiger partial charge in [0.1, 0.15) is 0 Å². The van der Waals surface area contributed by atoms with Gasteiger partial charge in [-0.1, -0.05) is 0 Å². The van der Waals surface area contributed by atoms with E-state index in [1.807, 2.05) is 0 Å². The number of imide groups is 1. The zero-order chi connectivity index (χ0) is 9.72. The average molecular weight is 191 g/mol. The molecule has 3 heteroatoms. The molecule has 4 saturated carbocycles. The van der Waals surface area contributed by atoms with E-state index < -0.39 is 0 Å². The third-order valence-corrected chi connectivity index (χ3v) is 5.45. The van der Waals surface area contributed by atoms with Crippen molar-refractivity contribution in [1.29, 1.82) is 0 Å². The van der Waals surface area contributed by atoms with Gasteiger partial charge < -0.3 is 0 Å². The van der Waals surface area contributed by atoms with Crippen LogP contribution in [0.1, 0.15) is 25.7 Å². The maximum Gasteiger partial charge on any atom is 0.236 e. The maximum absolute atomic E-state index is 12.1. The lowest BCUT2D eigenvalue weighted by molar-refractivity contribution is -0.140. The summed E-state index contributed by atoms with van der Waals surface area (Å²) >= 11 is 0. The number of hydrogen-bond acceptors (Lipinski definition) is 2. The second-order valence-corrected chi connectivity index (χ2v) is 5.67. The SMILES string of the molecule is CN1C(=O)C23CC4CC2(CC4C3)C1=O. The maximum atomic E-state index is 12.1. The number of nitrogens with zero attached hydrogens (tertiary/aromatic N) is 1. The standard InChI is InChI=1S/C11H13NO2/c1-12-8(13)10-2-6-3-11(10,9(12)14)5-7(6)4-10/h6-7H,2-5H2,1H3. The van der Waals surface area contributed by atoms with E-state index in [2.05, 4.69) is 0 Å². The van der Waals surface area contributed by atoms with Gasteiger partial charge in [0.15, 0.2) is 0 Å². The molecule has 0 atom stereocenters. The highest BCUT2D eigenvalue weighted by Gasteiger charge is 2.81. The van der Waals surface area contributed by atoms with Crippen molar-refractivity contribution in [3.8, 4) is 0 Å². The minimum Gasteiger partial charge on any atom is -0.285 e. The van der Waals surface area contributed by atoms with Crippen LogP contribution in [0.2, 0.25) is 0 Å². The molecule has 0 unspecified atom stereocenters. The second-order valence-electron chi connectivity index (χ2n) is 5.67. The van der Waals surface area contributed by atoms with Crippen LogP contribution in [0, 0.1) is 22.7 Å². The first-order valence-corrected chi connectivity index (χ1v) is 5.43. The molecule has 2 spiro atoms. The van der Waals surface area contributed by atoms with Gasteiger partial charge in [0, 0.05) is 7.05 Å². The molecule has 1 aliphatic heterocycles. The molecule has 4 aliphatic carbocycles. The summed E-state index contributed by atoms with van der Waals surface area (Å²) in [6.07, 6.45) is 4.03. The molecule has 0 radical (unpaired) electrons. The van der Waals surface area contributed by atoms with Crippen LogP contribution in [0.5, 0.6) is 0 Å². The molecule has 1 heterocycles. The summed E-state index contributed by atoms with van der Waals surface area (Å²) in [4.78, 5) is 25.6. The number of hydrogen-bond donors (Lipinski definition) is 0. The third-order valence-electron chi connectivity index (χ3n) is 5.45. The number of likely N-dealkylation sites (tertiary alicyclic amines) is 1. The third kappa shape index (κ3) is 0.421. The number of amides is 2. The summed E-state index contributed by atoms with van der Waals surface area (Å²) < 4.78 is 0. The van der Waals surface area contributed by atoms with E-state index in [9.17, 15) is 9.59 Å². The quantitative estimate of drug-likeness (QED) is 0.531. The molecule has 5 aliphatic rings. The van der Waals surface area contributed by atoms with Gasteiger partial charge in [-0.2, -0.15) is 0 Å². The normalized spacial score (nSPS) is 57.9. The van der Waals surface area contributed by atoms with Crippen LogP contribution in [0.4, 0.5) is 0 Å². The van der Waals surface area contributed by atoms with Crippen LogP contribution in [-0.2, 0) is 9.59 Å². The molecule has 0 aromatic rings. The highest BCUT2D eigenvalue weighted by atomic mass is 16.2. The van der Waals surface area contributed by atoms with E-state index in [0.29, 0.717) is 11.8 Å². The van der Waals surface area contributed by atoms with Crippen molar-refractivity contribution in [2.75, 3.05) is 7.05 Å². The lowest BCUT2D eigenvalue weighted by Gasteiger charge is -2.27. The van der Waals surface area contributed by atoms with E-state index in [0.717, 1.165) is 25.7 Å². The predicted octanol–water partition coefficient (Wildman–Crippen LogP) is 0.791. The fraction of sp³-hybridized carbons (Fsp3) is 0.818. The molecule has 5 fully saturated rings. The summed E-state index contributed by atoms with van der Waals surface area (Å²) in [5.74, 6) is 1.64. The van der Waals surface area contributed by atoms with Crippen LogP contribution < -0.4 is 0 Å². The largest absolute Gasteiger partial charge is 0.285 e. The molecule has 0 aromatic heterocycles. The van der Waals surface area contributed by atoms with Gasteiger partial charge in [0.25, 0.3) is 0 Å². The number of rotatable bonds is 0. The number of carbonyl (C=O) groups is 2. The number of carbonyl (C=O) groups excluding carboxylic acids is 2. The molecule has 1 saturated heterocycles. The highest BCUT2D eigenvalue weighted by molar-refractivity contribution is 6.11. The Morgan fingerprint density at radius 1 is 1.00 bits per heavy atom. The van der Waals surface area contributed by atoms with Crippen LogP contribution in [0.3, 0.4) is 0 Å². The van der Waals surface area contributed by atoms with Gasteiger partial charge in [-0.25, -0.2) is 0 Å². The molecular formula is C11H13NO2. The van der Waals surface area contributed by atoms with Gasteiger partial charge >= 0.3 is 0 Å². The zero-order valence-corrected chi connectivity index (χ0v) is 8.25. The molecule has 2 amide bonds.